The largest absolute Gasteiger partial charge is 0.479 e. The molecule has 0 fully saturated rings. The second kappa shape index (κ2) is 9.08. The Morgan fingerprint density at radius 3 is 2.52 bits per heavy atom. The van der Waals surface area contributed by atoms with Gasteiger partial charge in [0.1, 0.15) is 6.61 Å². The summed E-state index contributed by atoms with van der Waals surface area (Å²) < 4.78 is 86.6. The maximum atomic E-state index is 12.9. The molecule has 0 saturated carbocycles. The number of rotatable bonds is 7. The minimum Gasteiger partial charge on any atom is -0.479 e. The van der Waals surface area contributed by atoms with Crippen LogP contribution in [0.15, 0.2) is 50.8 Å². The van der Waals surface area contributed by atoms with E-state index in [2.05, 4.69) is 4.74 Å². The summed E-state index contributed by atoms with van der Waals surface area (Å²) in [7, 11) is 0. The molecule has 2 atom stereocenters. The van der Waals surface area contributed by atoms with Crippen molar-refractivity contribution < 1.29 is 45.5 Å². The standard InChI is InChI=1S/C21H19F6NO5/c1-11-6-14(21(25,26)27)4-3-13(11)9-28-18(29)15-7-12(2-5-16(15)33-28)8-17(19(30)31)32-10-20(22,23)24/h2-5,7,11,17H,6,8-10H2,1H3,(H,30,31). The first-order chi connectivity index (χ1) is 15.2. The van der Waals surface area contributed by atoms with Crippen LogP contribution in [0.2, 0.25) is 0 Å². The smallest absolute Gasteiger partial charge is 0.412 e. The number of hydrogen-bond acceptors (Lipinski definition) is 4. The first-order valence-corrected chi connectivity index (χ1v) is 9.75. The van der Waals surface area contributed by atoms with Crippen LogP contribution in [0.5, 0.6) is 0 Å². The molecular weight excluding hydrogens is 460 g/mol. The number of aliphatic carboxylic acids is 1. The van der Waals surface area contributed by atoms with Crippen molar-refractivity contribution in [2.75, 3.05) is 6.61 Å². The van der Waals surface area contributed by atoms with E-state index in [1.54, 1.807) is 6.92 Å². The number of alkyl halides is 6. The number of fused-ring (bicyclic) bond motifs is 1. The Kier molecular flexibility index (Phi) is 6.78. The molecular formula is C21H19F6NO5. The number of carbonyl (C=O) groups is 1. The first-order valence-electron chi connectivity index (χ1n) is 9.75. The molecule has 180 valence electrons. The normalized spacial score (nSPS) is 18.2. The van der Waals surface area contributed by atoms with Crippen molar-refractivity contribution in [3.8, 4) is 0 Å². The van der Waals surface area contributed by atoms with Crippen LogP contribution in [0.25, 0.3) is 11.0 Å². The fourth-order valence-electron chi connectivity index (χ4n) is 3.46. The van der Waals surface area contributed by atoms with E-state index < -0.39 is 54.5 Å². The average molecular weight is 479 g/mol. The molecule has 33 heavy (non-hydrogen) atoms. The number of aromatic nitrogens is 1. The van der Waals surface area contributed by atoms with Crippen molar-refractivity contribution >= 4 is 16.9 Å². The van der Waals surface area contributed by atoms with Crippen LogP contribution in [-0.4, -0.2) is 40.9 Å². The fraction of sp³-hybridized carbons (Fsp3) is 0.429. The number of nitrogens with zero attached hydrogens (tertiary/aromatic N) is 1. The SMILES string of the molecule is CC1CC(C(F)(F)F)=CC=C1Cn1oc2ccc(CC(OCC(F)(F)F)C(=O)O)cc2c1=O. The van der Waals surface area contributed by atoms with Gasteiger partial charge in [0.2, 0.25) is 0 Å². The molecule has 1 N–H and O–H groups in total. The summed E-state index contributed by atoms with van der Waals surface area (Å²) >= 11 is 0. The lowest BCUT2D eigenvalue weighted by atomic mass is 9.88. The maximum Gasteiger partial charge on any atom is 0.412 e. The van der Waals surface area contributed by atoms with Crippen LogP contribution in [0.1, 0.15) is 18.9 Å². The minimum absolute atomic E-state index is 0.0584. The predicted octanol–water partition coefficient (Wildman–Crippen LogP) is 4.62. The zero-order valence-corrected chi connectivity index (χ0v) is 17.2. The van der Waals surface area contributed by atoms with Gasteiger partial charge in [-0.3, -0.25) is 4.79 Å². The van der Waals surface area contributed by atoms with E-state index in [1.807, 2.05) is 0 Å². The number of halogens is 6. The molecule has 0 bridgehead atoms. The molecule has 1 aromatic heterocycles. The second-order valence-corrected chi connectivity index (χ2v) is 7.76. The van der Waals surface area contributed by atoms with Crippen molar-refractivity contribution in [3.63, 3.8) is 0 Å². The molecule has 0 radical (unpaired) electrons. The number of hydrogen-bond donors (Lipinski definition) is 1. The van der Waals surface area contributed by atoms with Crippen molar-refractivity contribution in [1.29, 1.82) is 0 Å². The third-order valence-corrected chi connectivity index (χ3v) is 5.20. The summed E-state index contributed by atoms with van der Waals surface area (Å²) in [4.78, 5) is 23.9. The number of ether oxygens (including phenoxy) is 1. The van der Waals surface area contributed by atoms with Crippen LogP contribution >= 0.6 is 0 Å². The van der Waals surface area contributed by atoms with Gasteiger partial charge in [-0.25, -0.2) is 4.79 Å². The molecule has 1 aliphatic carbocycles. The Labute approximate surface area is 182 Å². The molecule has 0 saturated heterocycles. The van der Waals surface area contributed by atoms with E-state index in [1.165, 1.54) is 24.3 Å². The Morgan fingerprint density at radius 1 is 1.24 bits per heavy atom. The van der Waals surface area contributed by atoms with Crippen LogP contribution in [0.3, 0.4) is 0 Å². The predicted molar refractivity (Wildman–Crippen MR) is 104 cm³/mol. The first kappa shape index (κ1) is 24.6. The Morgan fingerprint density at radius 2 is 1.94 bits per heavy atom. The van der Waals surface area contributed by atoms with Crippen molar-refractivity contribution in [2.24, 2.45) is 5.92 Å². The van der Waals surface area contributed by atoms with Crippen LogP contribution < -0.4 is 5.56 Å². The minimum atomic E-state index is -4.70. The summed E-state index contributed by atoms with van der Waals surface area (Å²) in [6.07, 6.45) is -9.29. The van der Waals surface area contributed by atoms with E-state index in [-0.39, 0.29) is 29.5 Å². The molecule has 2 aromatic rings. The molecule has 12 heteroatoms. The Balaban J connectivity index is 1.82. The third-order valence-electron chi connectivity index (χ3n) is 5.20. The highest BCUT2D eigenvalue weighted by Crippen LogP contribution is 2.36. The van der Waals surface area contributed by atoms with E-state index in [9.17, 15) is 35.9 Å². The van der Waals surface area contributed by atoms with E-state index in [0.717, 1.165) is 10.8 Å². The van der Waals surface area contributed by atoms with Crippen molar-refractivity contribution in [1.82, 2.24) is 4.74 Å². The number of carboxylic acid groups (broad SMARTS) is 1. The van der Waals surface area contributed by atoms with Gasteiger partial charge in [0, 0.05) is 12.0 Å². The van der Waals surface area contributed by atoms with E-state index in [0.29, 0.717) is 5.57 Å². The summed E-state index contributed by atoms with van der Waals surface area (Å²) in [6.45, 7) is -0.218. The number of carboxylic acids is 1. The lowest BCUT2D eigenvalue weighted by Gasteiger charge is -2.22. The zero-order valence-electron chi connectivity index (χ0n) is 17.2. The van der Waals surface area contributed by atoms with Gasteiger partial charge >= 0.3 is 18.3 Å². The molecule has 0 spiro atoms. The lowest BCUT2D eigenvalue weighted by molar-refractivity contribution is -0.192. The molecule has 6 nitrogen and oxygen atoms in total. The summed E-state index contributed by atoms with van der Waals surface area (Å²) in [5, 5.41) is 9.18. The quantitative estimate of drug-likeness (QED) is 0.586. The third kappa shape index (κ3) is 6.06. The molecule has 2 unspecified atom stereocenters. The summed E-state index contributed by atoms with van der Waals surface area (Å²) in [6, 6.07) is 4.06. The maximum absolute atomic E-state index is 12.9. The highest BCUT2D eigenvalue weighted by Gasteiger charge is 2.36. The molecule has 0 amide bonds. The zero-order chi connectivity index (χ0) is 24.6. The van der Waals surface area contributed by atoms with Crippen LogP contribution in [-0.2, 0) is 22.5 Å². The Bertz CT molecular complexity index is 1150. The highest BCUT2D eigenvalue weighted by atomic mass is 19.4. The number of allylic oxidation sites excluding steroid dienone is 4. The van der Waals surface area contributed by atoms with Gasteiger partial charge in [-0.2, -0.15) is 31.1 Å². The van der Waals surface area contributed by atoms with Crippen molar-refractivity contribution in [3.05, 3.63) is 57.4 Å². The molecule has 3 rings (SSSR count). The Hall–Kier alpha value is -3.02. The fourth-order valence-corrected chi connectivity index (χ4v) is 3.46. The topological polar surface area (TPSA) is 81.7 Å². The number of benzene rings is 1. The van der Waals surface area contributed by atoms with Crippen molar-refractivity contribution in [2.45, 2.75) is 44.8 Å². The summed E-state index contributed by atoms with van der Waals surface area (Å²) in [5.41, 5.74) is -0.335. The molecule has 0 aliphatic heterocycles. The van der Waals surface area contributed by atoms with Gasteiger partial charge in [-0.05, 0) is 35.6 Å². The van der Waals surface area contributed by atoms with Crippen LogP contribution in [0.4, 0.5) is 26.3 Å². The van der Waals surface area contributed by atoms with Gasteiger partial charge in [0.15, 0.2) is 11.7 Å². The lowest BCUT2D eigenvalue weighted by Crippen LogP contribution is -2.31. The monoisotopic (exact) mass is 479 g/mol. The van der Waals surface area contributed by atoms with Gasteiger partial charge in [0.05, 0.1) is 11.9 Å². The van der Waals surface area contributed by atoms with E-state index in [4.69, 9.17) is 9.63 Å². The average Bonchev–Trinajstić information content (AvgIpc) is 3.00. The van der Waals surface area contributed by atoms with Gasteiger partial charge < -0.3 is 14.4 Å². The van der Waals surface area contributed by atoms with E-state index >= 15 is 0 Å². The summed E-state index contributed by atoms with van der Waals surface area (Å²) in [5.74, 6) is -2.07. The van der Waals surface area contributed by atoms with Gasteiger partial charge in [0.25, 0.3) is 5.56 Å². The molecule has 1 heterocycles. The second-order valence-electron chi connectivity index (χ2n) is 7.76. The van der Waals surface area contributed by atoms with Gasteiger partial charge in [-0.1, -0.05) is 25.1 Å². The van der Waals surface area contributed by atoms with Gasteiger partial charge in [-0.15, -0.1) is 0 Å². The van der Waals surface area contributed by atoms with Crippen LogP contribution in [0, 0.1) is 5.92 Å². The molecule has 1 aliphatic rings. The highest BCUT2D eigenvalue weighted by molar-refractivity contribution is 5.77. The molecule has 1 aromatic carbocycles.